The second-order valence-electron chi connectivity index (χ2n) is 6.26. The van der Waals surface area contributed by atoms with Gasteiger partial charge in [-0.1, -0.05) is 12.1 Å². The van der Waals surface area contributed by atoms with Gasteiger partial charge in [-0.25, -0.2) is 8.42 Å². The highest BCUT2D eigenvalue weighted by molar-refractivity contribution is 7.89. The number of rotatable bonds is 4. The Hall–Kier alpha value is -1.61. The summed E-state index contributed by atoms with van der Waals surface area (Å²) in [4.78, 5) is 11.0. The Balaban J connectivity index is 1.85. The topological polar surface area (TPSA) is 74.7 Å². The first-order valence-electron chi connectivity index (χ1n) is 7.50. The molecule has 1 aliphatic heterocycles. The number of carboxylic acid groups (broad SMARTS) is 1. The Labute approximate surface area is 137 Å². The molecule has 132 valence electrons. The van der Waals surface area contributed by atoms with E-state index in [2.05, 4.69) is 0 Å². The fraction of sp³-hybridized carbons (Fsp3) is 0.533. The molecule has 1 aromatic carbocycles. The van der Waals surface area contributed by atoms with Crippen LogP contribution in [0.15, 0.2) is 29.2 Å². The zero-order valence-electron chi connectivity index (χ0n) is 12.5. The highest BCUT2D eigenvalue weighted by atomic mass is 32.2. The molecule has 2 aliphatic rings. The van der Waals surface area contributed by atoms with Gasteiger partial charge in [-0.15, -0.1) is 0 Å². The van der Waals surface area contributed by atoms with Gasteiger partial charge in [0, 0.05) is 13.1 Å². The summed E-state index contributed by atoms with van der Waals surface area (Å²) in [5, 5.41) is 8.98. The highest BCUT2D eigenvalue weighted by Gasteiger charge is 2.54. The fourth-order valence-corrected chi connectivity index (χ4v) is 4.52. The van der Waals surface area contributed by atoms with Crippen LogP contribution in [0.5, 0.6) is 0 Å². The van der Waals surface area contributed by atoms with Crippen molar-refractivity contribution in [3.63, 3.8) is 0 Å². The maximum absolute atomic E-state index is 13.0. The Kier molecular flexibility index (Phi) is 4.11. The summed E-state index contributed by atoms with van der Waals surface area (Å²) in [7, 11) is -4.15. The summed E-state index contributed by atoms with van der Waals surface area (Å²) in [6.07, 6.45) is -2.67. The average molecular weight is 363 g/mol. The molecule has 1 saturated heterocycles. The summed E-state index contributed by atoms with van der Waals surface area (Å²) in [6, 6.07) is 6.08. The molecule has 1 aliphatic carbocycles. The van der Waals surface area contributed by atoms with E-state index in [1.807, 2.05) is 0 Å². The van der Waals surface area contributed by atoms with Crippen molar-refractivity contribution >= 4 is 16.0 Å². The van der Waals surface area contributed by atoms with Crippen molar-refractivity contribution in [1.82, 2.24) is 4.31 Å². The third kappa shape index (κ3) is 3.14. The Morgan fingerprint density at radius 2 is 1.71 bits per heavy atom. The molecule has 9 heteroatoms. The minimum atomic E-state index is -4.76. The molecule has 0 aromatic heterocycles. The maximum atomic E-state index is 13.0. The molecule has 0 bridgehead atoms. The Morgan fingerprint density at radius 3 is 2.12 bits per heavy atom. The first-order valence-corrected chi connectivity index (χ1v) is 8.94. The van der Waals surface area contributed by atoms with Crippen molar-refractivity contribution in [1.29, 1.82) is 0 Å². The third-order valence-electron chi connectivity index (χ3n) is 4.59. The largest absolute Gasteiger partial charge is 0.481 e. The van der Waals surface area contributed by atoms with Crippen molar-refractivity contribution in [2.75, 3.05) is 13.1 Å². The highest BCUT2D eigenvalue weighted by Crippen LogP contribution is 2.41. The second kappa shape index (κ2) is 5.73. The van der Waals surface area contributed by atoms with Gasteiger partial charge in [0.25, 0.3) is 0 Å². The summed E-state index contributed by atoms with van der Waals surface area (Å²) in [5.41, 5.74) is 1.01. The Bertz CT molecular complexity index is 741. The van der Waals surface area contributed by atoms with Crippen LogP contribution in [-0.2, 0) is 14.8 Å². The van der Waals surface area contributed by atoms with E-state index in [4.69, 9.17) is 5.11 Å². The van der Waals surface area contributed by atoms with Crippen molar-refractivity contribution < 1.29 is 31.5 Å². The summed E-state index contributed by atoms with van der Waals surface area (Å²) >= 11 is 0. The van der Waals surface area contributed by atoms with Crippen LogP contribution in [-0.4, -0.2) is 43.1 Å². The van der Waals surface area contributed by atoms with Crippen molar-refractivity contribution in [3.8, 4) is 0 Å². The molecule has 2 fully saturated rings. The third-order valence-corrected chi connectivity index (χ3v) is 6.44. The molecule has 1 aromatic rings. The average Bonchev–Trinajstić information content (AvgIpc) is 3.22. The van der Waals surface area contributed by atoms with Gasteiger partial charge in [0.15, 0.2) is 0 Å². The number of carboxylic acids is 1. The van der Waals surface area contributed by atoms with Crippen LogP contribution < -0.4 is 0 Å². The van der Waals surface area contributed by atoms with Gasteiger partial charge < -0.3 is 5.11 Å². The van der Waals surface area contributed by atoms with Gasteiger partial charge >= 0.3 is 12.1 Å². The predicted molar refractivity (Wildman–Crippen MR) is 77.8 cm³/mol. The molecule has 1 saturated carbocycles. The lowest BCUT2D eigenvalue weighted by molar-refractivity contribution is -0.187. The van der Waals surface area contributed by atoms with Crippen molar-refractivity contribution in [3.05, 3.63) is 29.8 Å². The van der Waals surface area contributed by atoms with Crippen LogP contribution in [0.1, 0.15) is 24.3 Å². The van der Waals surface area contributed by atoms with Gasteiger partial charge in [-0.3, -0.25) is 4.79 Å². The number of sulfonamides is 1. The minimum absolute atomic E-state index is 0.112. The molecule has 24 heavy (non-hydrogen) atoms. The van der Waals surface area contributed by atoms with Gasteiger partial charge in [-0.05, 0) is 36.5 Å². The van der Waals surface area contributed by atoms with E-state index in [9.17, 15) is 26.4 Å². The number of aliphatic carboxylic acids is 1. The van der Waals surface area contributed by atoms with Gasteiger partial charge in [0.2, 0.25) is 10.0 Å². The van der Waals surface area contributed by atoms with E-state index in [1.165, 1.54) is 12.1 Å². The molecule has 3 rings (SSSR count). The van der Waals surface area contributed by atoms with Crippen LogP contribution in [0.2, 0.25) is 0 Å². The summed E-state index contributed by atoms with van der Waals surface area (Å²) in [6.45, 7) is -1.54. The fourth-order valence-electron chi connectivity index (χ4n) is 3.02. The molecular weight excluding hydrogens is 347 g/mol. The smallest absolute Gasteiger partial charge is 0.393 e. The van der Waals surface area contributed by atoms with Crippen LogP contribution in [0.25, 0.3) is 0 Å². The van der Waals surface area contributed by atoms with Gasteiger partial charge in [0.1, 0.15) is 0 Å². The number of hydrogen-bond donors (Lipinski definition) is 1. The normalized spacial score (nSPS) is 25.8. The van der Waals surface area contributed by atoms with E-state index in [-0.39, 0.29) is 4.90 Å². The number of nitrogens with zero attached hydrogens (tertiary/aromatic N) is 1. The minimum Gasteiger partial charge on any atom is -0.481 e. The van der Waals surface area contributed by atoms with E-state index < -0.39 is 47.1 Å². The SMILES string of the molecule is O=C(O)[C@@H]1CN(S(=O)(=O)c2ccc(C3CC3)cc2)C[C@H]1C(F)(F)F. The van der Waals surface area contributed by atoms with Crippen LogP contribution in [0.3, 0.4) is 0 Å². The molecule has 0 amide bonds. The van der Waals surface area contributed by atoms with E-state index in [0.29, 0.717) is 10.2 Å². The first kappa shape index (κ1) is 17.2. The standard InChI is InChI=1S/C15H16F3NO4S/c16-15(17,18)13-8-19(7-12(13)14(20)21)24(22,23)11-5-3-10(4-6-11)9-1-2-9/h3-6,9,12-13H,1-2,7-8H2,(H,20,21)/t12-,13-/m1/s1. The molecule has 2 atom stereocenters. The molecule has 1 N–H and O–H groups in total. The lowest BCUT2D eigenvalue weighted by atomic mass is 9.96. The van der Waals surface area contributed by atoms with Crippen molar-refractivity contribution in [2.24, 2.45) is 11.8 Å². The lowest BCUT2D eigenvalue weighted by Gasteiger charge is -2.18. The monoisotopic (exact) mass is 363 g/mol. The Morgan fingerprint density at radius 1 is 1.12 bits per heavy atom. The van der Waals surface area contributed by atoms with Gasteiger partial charge in [0.05, 0.1) is 16.7 Å². The van der Waals surface area contributed by atoms with E-state index in [0.717, 1.165) is 18.4 Å². The number of hydrogen-bond acceptors (Lipinski definition) is 3. The number of carbonyl (C=O) groups is 1. The molecule has 0 spiro atoms. The van der Waals surface area contributed by atoms with Crippen LogP contribution in [0, 0.1) is 11.8 Å². The van der Waals surface area contributed by atoms with Gasteiger partial charge in [-0.2, -0.15) is 17.5 Å². The molecule has 0 radical (unpaired) electrons. The molecule has 1 heterocycles. The van der Waals surface area contributed by atoms with E-state index in [1.54, 1.807) is 12.1 Å². The molecular formula is C15H16F3NO4S. The number of alkyl halides is 3. The van der Waals surface area contributed by atoms with Crippen molar-refractivity contribution in [2.45, 2.75) is 29.8 Å². The molecule has 0 unspecified atom stereocenters. The second-order valence-corrected chi connectivity index (χ2v) is 8.20. The number of halogens is 3. The quantitative estimate of drug-likeness (QED) is 0.892. The first-order chi connectivity index (χ1) is 11.1. The zero-order chi connectivity index (χ0) is 17.7. The lowest BCUT2D eigenvalue weighted by Crippen LogP contribution is -2.34. The summed E-state index contributed by atoms with van der Waals surface area (Å²) < 4.78 is 64.7. The van der Waals surface area contributed by atoms with Crippen LogP contribution >= 0.6 is 0 Å². The predicted octanol–water partition coefficient (Wildman–Crippen LogP) is 2.45. The van der Waals surface area contributed by atoms with Crippen LogP contribution in [0.4, 0.5) is 13.2 Å². The number of benzene rings is 1. The maximum Gasteiger partial charge on any atom is 0.393 e. The zero-order valence-corrected chi connectivity index (χ0v) is 13.3. The molecule has 5 nitrogen and oxygen atoms in total. The van der Waals surface area contributed by atoms with E-state index >= 15 is 0 Å². The summed E-state index contributed by atoms with van der Waals surface area (Å²) in [5.74, 6) is -5.19.